The molecule has 218 valence electrons. The number of nitrogens with one attached hydrogen (secondary N) is 2. The van der Waals surface area contributed by atoms with Crippen molar-refractivity contribution in [3.63, 3.8) is 0 Å². The number of amides is 2. The standard InChI is InChI=1S/C32H62N2O3/c1-4-6-7-8-9-10-11-12-13-14-15-16-17-18-19-23-26-33-31(35)30(28(3)5-2)34-32(36)37-27-29-24-21-20-22-25-29/h28-30H,4-27H2,1-3H3,(H,33,35)(H,34,36). The molecular weight excluding hydrogens is 460 g/mol. The van der Waals surface area contributed by atoms with Gasteiger partial charge in [-0.05, 0) is 31.1 Å². The summed E-state index contributed by atoms with van der Waals surface area (Å²) in [6, 6.07) is -0.523. The van der Waals surface area contributed by atoms with E-state index in [9.17, 15) is 9.59 Å². The van der Waals surface area contributed by atoms with Gasteiger partial charge in [-0.25, -0.2) is 4.79 Å². The Morgan fingerprint density at radius 3 is 1.70 bits per heavy atom. The molecule has 37 heavy (non-hydrogen) atoms. The lowest BCUT2D eigenvalue weighted by atomic mass is 9.90. The van der Waals surface area contributed by atoms with Gasteiger partial charge in [-0.1, -0.05) is 143 Å². The van der Waals surface area contributed by atoms with Crippen LogP contribution in [0.15, 0.2) is 0 Å². The fourth-order valence-electron chi connectivity index (χ4n) is 5.41. The van der Waals surface area contributed by atoms with Crippen molar-refractivity contribution in [1.29, 1.82) is 0 Å². The van der Waals surface area contributed by atoms with E-state index < -0.39 is 12.1 Å². The van der Waals surface area contributed by atoms with Crippen LogP contribution in [0.5, 0.6) is 0 Å². The Kier molecular flexibility index (Phi) is 21.7. The number of carbonyl (C=O) groups is 2. The number of hydrogen-bond donors (Lipinski definition) is 2. The Morgan fingerprint density at radius 1 is 0.730 bits per heavy atom. The maximum absolute atomic E-state index is 12.8. The Labute approximate surface area is 230 Å². The van der Waals surface area contributed by atoms with Gasteiger partial charge in [0.25, 0.3) is 0 Å². The minimum atomic E-state index is -0.523. The van der Waals surface area contributed by atoms with E-state index in [1.165, 1.54) is 109 Å². The van der Waals surface area contributed by atoms with Gasteiger partial charge >= 0.3 is 6.09 Å². The molecule has 0 heterocycles. The molecule has 2 amide bonds. The topological polar surface area (TPSA) is 67.4 Å². The molecule has 0 aromatic heterocycles. The summed E-state index contributed by atoms with van der Waals surface area (Å²) >= 11 is 0. The van der Waals surface area contributed by atoms with Crippen LogP contribution in [-0.2, 0) is 9.53 Å². The molecule has 0 saturated heterocycles. The normalized spacial score (nSPS) is 15.8. The van der Waals surface area contributed by atoms with Crippen LogP contribution in [0.3, 0.4) is 0 Å². The second-order valence-electron chi connectivity index (χ2n) is 11.7. The molecule has 1 aliphatic rings. The molecule has 1 aliphatic carbocycles. The molecule has 5 nitrogen and oxygen atoms in total. The van der Waals surface area contributed by atoms with Gasteiger partial charge in [0, 0.05) is 6.54 Å². The number of ether oxygens (including phenoxy) is 1. The van der Waals surface area contributed by atoms with Crippen molar-refractivity contribution in [2.75, 3.05) is 13.2 Å². The highest BCUT2D eigenvalue weighted by Crippen LogP contribution is 2.23. The summed E-state index contributed by atoms with van der Waals surface area (Å²) in [5.74, 6) is 0.475. The van der Waals surface area contributed by atoms with E-state index in [1.807, 2.05) is 6.92 Å². The zero-order chi connectivity index (χ0) is 27.0. The quantitative estimate of drug-likeness (QED) is 0.131. The second-order valence-corrected chi connectivity index (χ2v) is 11.7. The summed E-state index contributed by atoms with van der Waals surface area (Å²) in [7, 11) is 0. The van der Waals surface area contributed by atoms with Crippen LogP contribution in [0.25, 0.3) is 0 Å². The van der Waals surface area contributed by atoms with Crippen LogP contribution in [0.4, 0.5) is 4.79 Å². The summed E-state index contributed by atoms with van der Waals surface area (Å²) in [6.45, 7) is 7.50. The SMILES string of the molecule is CCCCCCCCCCCCCCCCCCNC(=O)C(NC(=O)OCC1CCCCC1)C(C)CC. The first kappa shape index (κ1) is 33.8. The van der Waals surface area contributed by atoms with Crippen LogP contribution >= 0.6 is 0 Å². The highest BCUT2D eigenvalue weighted by molar-refractivity contribution is 5.85. The van der Waals surface area contributed by atoms with E-state index in [1.54, 1.807) is 0 Å². The van der Waals surface area contributed by atoms with Crippen LogP contribution in [0.1, 0.15) is 162 Å². The van der Waals surface area contributed by atoms with Crippen LogP contribution in [0.2, 0.25) is 0 Å². The van der Waals surface area contributed by atoms with Crippen molar-refractivity contribution in [1.82, 2.24) is 10.6 Å². The molecule has 0 aromatic rings. The average Bonchev–Trinajstić information content (AvgIpc) is 2.92. The van der Waals surface area contributed by atoms with Crippen molar-refractivity contribution in [3.05, 3.63) is 0 Å². The van der Waals surface area contributed by atoms with Gasteiger partial charge in [-0.2, -0.15) is 0 Å². The predicted molar refractivity (Wildman–Crippen MR) is 157 cm³/mol. The first-order valence-corrected chi connectivity index (χ1v) is 16.3. The van der Waals surface area contributed by atoms with E-state index >= 15 is 0 Å². The maximum atomic E-state index is 12.8. The Bertz CT molecular complexity index is 548. The summed E-state index contributed by atoms with van der Waals surface area (Å²) in [5, 5.41) is 5.89. The monoisotopic (exact) mass is 522 g/mol. The Morgan fingerprint density at radius 2 is 1.22 bits per heavy atom. The van der Waals surface area contributed by atoms with Gasteiger partial charge in [0.2, 0.25) is 5.91 Å². The Balaban J connectivity index is 2.01. The molecule has 0 radical (unpaired) electrons. The van der Waals surface area contributed by atoms with Gasteiger partial charge in [0.1, 0.15) is 6.04 Å². The summed E-state index contributed by atoms with van der Waals surface area (Å²) in [6.07, 6.45) is 27.9. The van der Waals surface area contributed by atoms with Crippen LogP contribution < -0.4 is 10.6 Å². The van der Waals surface area contributed by atoms with Crippen molar-refractivity contribution in [2.24, 2.45) is 11.8 Å². The fraction of sp³-hybridized carbons (Fsp3) is 0.938. The van der Waals surface area contributed by atoms with Gasteiger partial charge in [0.15, 0.2) is 0 Å². The van der Waals surface area contributed by atoms with Crippen LogP contribution in [-0.4, -0.2) is 31.2 Å². The lowest BCUT2D eigenvalue weighted by Gasteiger charge is -2.25. The zero-order valence-electron chi connectivity index (χ0n) is 24.9. The van der Waals surface area contributed by atoms with Crippen LogP contribution in [0, 0.1) is 11.8 Å². The van der Waals surface area contributed by atoms with Gasteiger partial charge in [-0.15, -0.1) is 0 Å². The molecule has 2 N–H and O–H groups in total. The second kappa shape index (κ2) is 23.8. The average molecular weight is 523 g/mol. The van der Waals surface area contributed by atoms with E-state index in [0.29, 0.717) is 19.1 Å². The molecular formula is C32H62N2O3. The van der Waals surface area contributed by atoms with E-state index in [-0.39, 0.29) is 11.8 Å². The van der Waals surface area contributed by atoms with E-state index in [2.05, 4.69) is 24.5 Å². The van der Waals surface area contributed by atoms with Crippen molar-refractivity contribution in [3.8, 4) is 0 Å². The number of unbranched alkanes of at least 4 members (excludes halogenated alkanes) is 15. The minimum absolute atomic E-state index is 0.0769. The molecule has 1 rings (SSSR count). The highest BCUT2D eigenvalue weighted by atomic mass is 16.5. The van der Waals surface area contributed by atoms with E-state index in [0.717, 1.165) is 32.1 Å². The molecule has 0 bridgehead atoms. The molecule has 0 spiro atoms. The maximum Gasteiger partial charge on any atom is 0.407 e. The zero-order valence-corrected chi connectivity index (χ0v) is 24.9. The van der Waals surface area contributed by atoms with Gasteiger partial charge < -0.3 is 15.4 Å². The number of rotatable bonds is 23. The largest absolute Gasteiger partial charge is 0.449 e. The first-order chi connectivity index (χ1) is 18.1. The Hall–Kier alpha value is -1.26. The van der Waals surface area contributed by atoms with Gasteiger partial charge in [0.05, 0.1) is 6.61 Å². The number of carbonyl (C=O) groups excluding carboxylic acids is 2. The molecule has 1 fully saturated rings. The predicted octanol–water partition coefficient (Wildman–Crippen LogP) is 9.09. The lowest BCUT2D eigenvalue weighted by Crippen LogP contribution is -2.50. The summed E-state index contributed by atoms with van der Waals surface area (Å²) < 4.78 is 5.47. The molecule has 2 atom stereocenters. The van der Waals surface area contributed by atoms with Crippen molar-refractivity contribution in [2.45, 2.75) is 168 Å². The third-order valence-corrected chi connectivity index (χ3v) is 8.27. The molecule has 2 unspecified atom stereocenters. The molecule has 5 heteroatoms. The molecule has 1 saturated carbocycles. The summed E-state index contributed by atoms with van der Waals surface area (Å²) in [4.78, 5) is 25.1. The highest BCUT2D eigenvalue weighted by Gasteiger charge is 2.26. The third kappa shape index (κ3) is 18.6. The smallest absolute Gasteiger partial charge is 0.407 e. The minimum Gasteiger partial charge on any atom is -0.449 e. The number of hydrogen-bond acceptors (Lipinski definition) is 3. The van der Waals surface area contributed by atoms with Gasteiger partial charge in [-0.3, -0.25) is 4.79 Å². The lowest BCUT2D eigenvalue weighted by molar-refractivity contribution is -0.124. The van der Waals surface area contributed by atoms with Crippen molar-refractivity contribution < 1.29 is 14.3 Å². The number of alkyl carbamates (subject to hydrolysis) is 1. The summed E-state index contributed by atoms with van der Waals surface area (Å²) in [5.41, 5.74) is 0. The molecule has 0 aliphatic heterocycles. The van der Waals surface area contributed by atoms with E-state index in [4.69, 9.17) is 4.74 Å². The fourth-order valence-corrected chi connectivity index (χ4v) is 5.41. The van der Waals surface area contributed by atoms with Crippen molar-refractivity contribution >= 4 is 12.0 Å². The first-order valence-electron chi connectivity index (χ1n) is 16.3. The third-order valence-electron chi connectivity index (χ3n) is 8.27. The molecule has 0 aromatic carbocycles.